The first kappa shape index (κ1) is 11.6. The van der Waals surface area contributed by atoms with Gasteiger partial charge in [0.15, 0.2) is 0 Å². The van der Waals surface area contributed by atoms with Crippen LogP contribution in [0.5, 0.6) is 0 Å². The Hall–Kier alpha value is -1.51. The Kier molecular flexibility index (Phi) is 3.72. The standard InChI is InChI=1S/C12H18N2O/c1-4-7-14(3)12(15)10-6-5-9(2)8-11(10)13/h5-6,8H,4,7,13H2,1-3H3. The maximum atomic E-state index is 11.9. The molecule has 15 heavy (non-hydrogen) atoms. The summed E-state index contributed by atoms with van der Waals surface area (Å²) in [4.78, 5) is 13.6. The zero-order chi connectivity index (χ0) is 11.4. The second kappa shape index (κ2) is 4.82. The maximum Gasteiger partial charge on any atom is 0.255 e. The lowest BCUT2D eigenvalue weighted by molar-refractivity contribution is 0.0796. The predicted molar refractivity (Wildman–Crippen MR) is 62.8 cm³/mol. The summed E-state index contributed by atoms with van der Waals surface area (Å²) in [7, 11) is 1.80. The smallest absolute Gasteiger partial charge is 0.255 e. The van der Waals surface area contributed by atoms with E-state index in [-0.39, 0.29) is 5.91 Å². The molecule has 0 heterocycles. The molecule has 2 N–H and O–H groups in total. The number of rotatable bonds is 3. The number of anilines is 1. The zero-order valence-electron chi connectivity index (χ0n) is 9.58. The van der Waals surface area contributed by atoms with Crippen molar-refractivity contribution in [1.82, 2.24) is 4.90 Å². The van der Waals surface area contributed by atoms with E-state index in [9.17, 15) is 4.79 Å². The molecule has 0 spiro atoms. The molecular formula is C12H18N2O. The second-order valence-corrected chi connectivity index (χ2v) is 3.82. The average Bonchev–Trinajstić information content (AvgIpc) is 2.17. The van der Waals surface area contributed by atoms with Crippen LogP contribution in [0.25, 0.3) is 0 Å². The first-order valence-corrected chi connectivity index (χ1v) is 5.17. The van der Waals surface area contributed by atoms with Gasteiger partial charge in [0.2, 0.25) is 0 Å². The quantitative estimate of drug-likeness (QED) is 0.769. The molecule has 0 fully saturated rings. The Bertz CT molecular complexity index is 361. The fourth-order valence-electron chi connectivity index (χ4n) is 1.52. The van der Waals surface area contributed by atoms with Gasteiger partial charge < -0.3 is 10.6 Å². The van der Waals surface area contributed by atoms with E-state index in [2.05, 4.69) is 0 Å². The lowest BCUT2D eigenvalue weighted by atomic mass is 10.1. The van der Waals surface area contributed by atoms with Crippen LogP contribution in [0, 0.1) is 6.92 Å². The molecule has 3 heteroatoms. The van der Waals surface area contributed by atoms with Crippen molar-refractivity contribution < 1.29 is 4.79 Å². The summed E-state index contributed by atoms with van der Waals surface area (Å²) in [6.07, 6.45) is 0.952. The first-order chi connectivity index (χ1) is 7.06. The SMILES string of the molecule is CCCN(C)C(=O)c1ccc(C)cc1N. The van der Waals surface area contributed by atoms with E-state index >= 15 is 0 Å². The van der Waals surface area contributed by atoms with Gasteiger partial charge in [-0.2, -0.15) is 0 Å². The summed E-state index contributed by atoms with van der Waals surface area (Å²) in [5.74, 6) is -0.00523. The largest absolute Gasteiger partial charge is 0.398 e. The Balaban J connectivity index is 2.91. The van der Waals surface area contributed by atoms with E-state index in [4.69, 9.17) is 5.73 Å². The number of nitrogens with zero attached hydrogens (tertiary/aromatic N) is 1. The van der Waals surface area contributed by atoms with Gasteiger partial charge in [0.1, 0.15) is 0 Å². The van der Waals surface area contributed by atoms with Gasteiger partial charge in [0.05, 0.1) is 5.56 Å². The van der Waals surface area contributed by atoms with Crippen molar-refractivity contribution in [3.8, 4) is 0 Å². The van der Waals surface area contributed by atoms with Crippen LogP contribution in [0.1, 0.15) is 29.3 Å². The molecule has 0 aliphatic heterocycles. The van der Waals surface area contributed by atoms with E-state index < -0.39 is 0 Å². The number of nitrogens with two attached hydrogens (primary N) is 1. The minimum atomic E-state index is -0.00523. The van der Waals surface area contributed by atoms with Crippen LogP contribution in [0.15, 0.2) is 18.2 Å². The first-order valence-electron chi connectivity index (χ1n) is 5.17. The van der Waals surface area contributed by atoms with Crippen molar-refractivity contribution in [2.75, 3.05) is 19.3 Å². The van der Waals surface area contributed by atoms with Crippen molar-refractivity contribution in [2.45, 2.75) is 20.3 Å². The van der Waals surface area contributed by atoms with Gasteiger partial charge >= 0.3 is 0 Å². The zero-order valence-corrected chi connectivity index (χ0v) is 9.58. The van der Waals surface area contributed by atoms with Crippen LogP contribution < -0.4 is 5.73 Å². The normalized spacial score (nSPS) is 10.1. The fraction of sp³-hybridized carbons (Fsp3) is 0.417. The van der Waals surface area contributed by atoms with Gasteiger partial charge in [-0.05, 0) is 31.0 Å². The molecule has 0 aliphatic rings. The molecule has 0 aromatic heterocycles. The van der Waals surface area contributed by atoms with Crippen LogP contribution >= 0.6 is 0 Å². The van der Waals surface area contributed by atoms with E-state index in [0.29, 0.717) is 11.3 Å². The summed E-state index contributed by atoms with van der Waals surface area (Å²) in [5, 5.41) is 0. The molecule has 0 saturated carbocycles. The summed E-state index contributed by atoms with van der Waals surface area (Å²) >= 11 is 0. The van der Waals surface area contributed by atoms with Crippen LogP contribution in [-0.2, 0) is 0 Å². The average molecular weight is 206 g/mol. The summed E-state index contributed by atoms with van der Waals surface area (Å²) in [6, 6.07) is 5.52. The third-order valence-electron chi connectivity index (χ3n) is 2.34. The molecule has 1 aromatic rings. The second-order valence-electron chi connectivity index (χ2n) is 3.82. The number of aryl methyl sites for hydroxylation is 1. The molecule has 0 bridgehead atoms. The number of hydrogen-bond acceptors (Lipinski definition) is 2. The Morgan fingerprint density at radius 1 is 1.47 bits per heavy atom. The topological polar surface area (TPSA) is 46.3 Å². The minimum Gasteiger partial charge on any atom is -0.398 e. The van der Waals surface area contributed by atoms with Gasteiger partial charge in [-0.15, -0.1) is 0 Å². The Morgan fingerprint density at radius 2 is 2.13 bits per heavy atom. The fourth-order valence-corrected chi connectivity index (χ4v) is 1.52. The number of carbonyl (C=O) groups is 1. The van der Waals surface area contributed by atoms with Crippen LogP contribution in [0.4, 0.5) is 5.69 Å². The van der Waals surface area contributed by atoms with E-state index in [0.717, 1.165) is 18.5 Å². The molecular weight excluding hydrogens is 188 g/mol. The number of benzene rings is 1. The highest BCUT2D eigenvalue weighted by atomic mass is 16.2. The highest BCUT2D eigenvalue weighted by molar-refractivity contribution is 5.99. The highest BCUT2D eigenvalue weighted by Crippen LogP contribution is 2.15. The van der Waals surface area contributed by atoms with Gasteiger partial charge in [0.25, 0.3) is 5.91 Å². The lowest BCUT2D eigenvalue weighted by Crippen LogP contribution is -2.28. The maximum absolute atomic E-state index is 11.9. The predicted octanol–water partition coefficient (Wildman–Crippen LogP) is 2.06. The summed E-state index contributed by atoms with van der Waals surface area (Å²) in [5.41, 5.74) is 8.03. The Morgan fingerprint density at radius 3 is 2.67 bits per heavy atom. The van der Waals surface area contributed by atoms with Gasteiger partial charge in [-0.3, -0.25) is 4.79 Å². The van der Waals surface area contributed by atoms with Crippen LogP contribution in [-0.4, -0.2) is 24.4 Å². The van der Waals surface area contributed by atoms with E-state index in [1.54, 1.807) is 18.0 Å². The molecule has 0 aliphatic carbocycles. The van der Waals surface area contributed by atoms with Crippen LogP contribution in [0.3, 0.4) is 0 Å². The number of nitrogen functional groups attached to an aromatic ring is 1. The molecule has 0 unspecified atom stereocenters. The van der Waals surface area contributed by atoms with Gasteiger partial charge in [0, 0.05) is 19.3 Å². The van der Waals surface area contributed by atoms with E-state index in [1.165, 1.54) is 0 Å². The lowest BCUT2D eigenvalue weighted by Gasteiger charge is -2.17. The van der Waals surface area contributed by atoms with Crippen molar-refractivity contribution in [2.24, 2.45) is 0 Å². The molecule has 0 atom stereocenters. The number of carbonyl (C=O) groups excluding carboxylic acids is 1. The molecule has 0 radical (unpaired) electrons. The monoisotopic (exact) mass is 206 g/mol. The molecule has 0 saturated heterocycles. The summed E-state index contributed by atoms with van der Waals surface area (Å²) < 4.78 is 0. The van der Waals surface area contributed by atoms with Crippen molar-refractivity contribution in [3.63, 3.8) is 0 Å². The van der Waals surface area contributed by atoms with Crippen molar-refractivity contribution in [1.29, 1.82) is 0 Å². The third kappa shape index (κ3) is 2.72. The molecule has 1 rings (SSSR count). The van der Waals surface area contributed by atoms with Gasteiger partial charge in [-0.25, -0.2) is 0 Å². The highest BCUT2D eigenvalue weighted by Gasteiger charge is 2.13. The van der Waals surface area contributed by atoms with Gasteiger partial charge in [-0.1, -0.05) is 13.0 Å². The molecule has 82 valence electrons. The minimum absolute atomic E-state index is 0.00523. The molecule has 3 nitrogen and oxygen atoms in total. The number of hydrogen-bond donors (Lipinski definition) is 1. The van der Waals surface area contributed by atoms with E-state index in [1.807, 2.05) is 26.0 Å². The Labute approximate surface area is 90.9 Å². The molecule has 1 aromatic carbocycles. The van der Waals surface area contributed by atoms with Crippen molar-refractivity contribution in [3.05, 3.63) is 29.3 Å². The molecule has 1 amide bonds. The number of amides is 1. The van der Waals surface area contributed by atoms with Crippen LogP contribution in [0.2, 0.25) is 0 Å². The third-order valence-corrected chi connectivity index (χ3v) is 2.34. The summed E-state index contributed by atoms with van der Waals surface area (Å²) in [6.45, 7) is 4.76. The van der Waals surface area contributed by atoms with Crippen molar-refractivity contribution >= 4 is 11.6 Å².